The van der Waals surface area contributed by atoms with Gasteiger partial charge in [0.05, 0.1) is 36.2 Å². The number of ether oxygens (including phenoxy) is 1. The van der Waals surface area contributed by atoms with Crippen molar-refractivity contribution in [2.45, 2.75) is 38.4 Å². The van der Waals surface area contributed by atoms with Gasteiger partial charge in [0, 0.05) is 0 Å². The maximum absolute atomic E-state index is 12.9. The van der Waals surface area contributed by atoms with E-state index in [1.54, 1.807) is 6.92 Å². The summed E-state index contributed by atoms with van der Waals surface area (Å²) in [5, 5.41) is 0. The SMILES string of the molecule is CCOC(=O)C1CCN([C@@H]2CC(=O)N(c3cccc(C(F)(F)F)c3)C2=O)CC1. The van der Waals surface area contributed by atoms with Crippen LogP contribution in [0, 0.1) is 5.92 Å². The molecule has 2 heterocycles. The number of imide groups is 1. The van der Waals surface area contributed by atoms with E-state index >= 15 is 0 Å². The first-order valence-corrected chi connectivity index (χ1v) is 9.17. The Hall–Kier alpha value is -2.42. The number of likely N-dealkylation sites (tertiary alicyclic amines) is 1. The van der Waals surface area contributed by atoms with Gasteiger partial charge in [0.2, 0.25) is 5.91 Å². The first kappa shape index (κ1) is 20.3. The lowest BCUT2D eigenvalue weighted by atomic mass is 9.95. The Labute approximate surface area is 160 Å². The van der Waals surface area contributed by atoms with Crippen LogP contribution < -0.4 is 4.90 Å². The summed E-state index contributed by atoms with van der Waals surface area (Å²) >= 11 is 0. The number of benzene rings is 1. The predicted octanol–water partition coefficient (Wildman–Crippen LogP) is 2.61. The lowest BCUT2D eigenvalue weighted by Crippen LogP contribution is -2.47. The molecule has 6 nitrogen and oxygen atoms in total. The molecule has 2 amide bonds. The first-order valence-electron chi connectivity index (χ1n) is 9.17. The van der Waals surface area contributed by atoms with E-state index in [0.29, 0.717) is 32.5 Å². The van der Waals surface area contributed by atoms with Crippen molar-refractivity contribution in [3.63, 3.8) is 0 Å². The van der Waals surface area contributed by atoms with E-state index in [2.05, 4.69) is 0 Å². The van der Waals surface area contributed by atoms with E-state index in [9.17, 15) is 27.6 Å². The second-order valence-corrected chi connectivity index (χ2v) is 6.90. The van der Waals surface area contributed by atoms with Crippen molar-refractivity contribution in [2.24, 2.45) is 5.92 Å². The Bertz CT molecular complexity index is 773. The summed E-state index contributed by atoms with van der Waals surface area (Å²) in [7, 11) is 0. The molecular formula is C19H21F3N2O4. The van der Waals surface area contributed by atoms with E-state index < -0.39 is 29.6 Å². The van der Waals surface area contributed by atoms with Crippen LogP contribution in [0.3, 0.4) is 0 Å². The molecule has 28 heavy (non-hydrogen) atoms. The molecule has 0 spiro atoms. The monoisotopic (exact) mass is 398 g/mol. The molecule has 2 aliphatic heterocycles. The van der Waals surface area contributed by atoms with Gasteiger partial charge in [0.25, 0.3) is 5.91 Å². The quantitative estimate of drug-likeness (QED) is 0.576. The van der Waals surface area contributed by atoms with Gasteiger partial charge in [-0.25, -0.2) is 4.90 Å². The fourth-order valence-corrected chi connectivity index (χ4v) is 3.70. The van der Waals surface area contributed by atoms with Gasteiger partial charge in [-0.1, -0.05) is 6.07 Å². The first-order chi connectivity index (χ1) is 13.2. The number of hydrogen-bond donors (Lipinski definition) is 0. The minimum atomic E-state index is -4.56. The summed E-state index contributed by atoms with van der Waals surface area (Å²) in [4.78, 5) is 39.6. The predicted molar refractivity (Wildman–Crippen MR) is 93.3 cm³/mol. The van der Waals surface area contributed by atoms with E-state index in [1.165, 1.54) is 12.1 Å². The Morgan fingerprint density at radius 1 is 1.21 bits per heavy atom. The summed E-state index contributed by atoms with van der Waals surface area (Å²) in [6, 6.07) is 3.49. The molecule has 1 aromatic carbocycles. The third kappa shape index (κ3) is 4.04. The second kappa shape index (κ2) is 7.90. The number of carbonyl (C=O) groups is 3. The molecule has 0 bridgehead atoms. The van der Waals surface area contributed by atoms with E-state index in [0.717, 1.165) is 17.0 Å². The number of halogens is 3. The topological polar surface area (TPSA) is 66.9 Å². The Kier molecular flexibility index (Phi) is 5.74. The number of carbonyl (C=O) groups excluding carboxylic acids is 3. The molecule has 9 heteroatoms. The highest BCUT2D eigenvalue weighted by atomic mass is 19.4. The van der Waals surface area contributed by atoms with Crippen LogP contribution >= 0.6 is 0 Å². The van der Waals surface area contributed by atoms with E-state index in [4.69, 9.17) is 4.74 Å². The molecule has 3 rings (SSSR count). The molecule has 0 aliphatic carbocycles. The van der Waals surface area contributed by atoms with Crippen LogP contribution in [-0.2, 0) is 25.3 Å². The zero-order chi connectivity index (χ0) is 20.5. The maximum atomic E-state index is 12.9. The molecule has 152 valence electrons. The highest BCUT2D eigenvalue weighted by Crippen LogP contribution is 2.34. The standard InChI is InChI=1S/C19H21F3N2O4/c1-2-28-18(27)12-6-8-23(9-7-12)15-11-16(25)24(17(15)26)14-5-3-4-13(10-14)19(20,21)22/h3-5,10,12,15H,2,6-9,11H2,1H3/t15-/m1/s1. The molecular weight excluding hydrogens is 377 g/mol. The highest BCUT2D eigenvalue weighted by molar-refractivity contribution is 6.22. The third-order valence-corrected chi connectivity index (χ3v) is 5.14. The average molecular weight is 398 g/mol. The summed E-state index contributed by atoms with van der Waals surface area (Å²) < 4.78 is 43.8. The third-order valence-electron chi connectivity index (χ3n) is 5.14. The fraction of sp³-hybridized carbons (Fsp3) is 0.526. The highest BCUT2D eigenvalue weighted by Gasteiger charge is 2.44. The number of piperidine rings is 1. The number of rotatable bonds is 4. The van der Waals surface area contributed by atoms with Crippen LogP contribution in [0.5, 0.6) is 0 Å². The van der Waals surface area contributed by atoms with Crippen molar-refractivity contribution in [2.75, 3.05) is 24.6 Å². The van der Waals surface area contributed by atoms with Crippen molar-refractivity contribution in [1.82, 2.24) is 4.90 Å². The van der Waals surface area contributed by atoms with Crippen molar-refractivity contribution >= 4 is 23.5 Å². The minimum Gasteiger partial charge on any atom is -0.466 e. The molecule has 0 aromatic heterocycles. The summed E-state index contributed by atoms with van der Waals surface area (Å²) in [6.45, 7) is 2.94. The minimum absolute atomic E-state index is 0.0752. The number of nitrogens with zero attached hydrogens (tertiary/aromatic N) is 2. The number of alkyl halides is 3. The molecule has 0 unspecified atom stereocenters. The van der Waals surface area contributed by atoms with Crippen LogP contribution in [0.4, 0.5) is 18.9 Å². The largest absolute Gasteiger partial charge is 0.466 e. The Morgan fingerprint density at radius 3 is 2.50 bits per heavy atom. The molecule has 0 N–H and O–H groups in total. The van der Waals surface area contributed by atoms with Crippen LogP contribution in [-0.4, -0.2) is 48.4 Å². The van der Waals surface area contributed by atoms with Gasteiger partial charge in [0.1, 0.15) is 0 Å². The van der Waals surface area contributed by atoms with Gasteiger partial charge < -0.3 is 4.74 Å². The lowest BCUT2D eigenvalue weighted by Gasteiger charge is -2.33. The van der Waals surface area contributed by atoms with E-state index in [1.807, 2.05) is 4.90 Å². The number of amides is 2. The van der Waals surface area contributed by atoms with Crippen LogP contribution in [0.25, 0.3) is 0 Å². The second-order valence-electron chi connectivity index (χ2n) is 6.90. The van der Waals surface area contributed by atoms with Crippen molar-refractivity contribution in [1.29, 1.82) is 0 Å². The summed E-state index contributed by atoms with van der Waals surface area (Å²) in [5.74, 6) is -1.55. The lowest BCUT2D eigenvalue weighted by molar-refractivity contribution is -0.150. The van der Waals surface area contributed by atoms with Crippen LogP contribution in [0.1, 0.15) is 31.7 Å². The number of esters is 1. The Morgan fingerprint density at radius 2 is 1.89 bits per heavy atom. The average Bonchev–Trinajstić information content (AvgIpc) is 2.96. The van der Waals surface area contributed by atoms with E-state index in [-0.39, 0.29) is 24.0 Å². The van der Waals surface area contributed by atoms with Gasteiger partial charge in [-0.3, -0.25) is 19.3 Å². The van der Waals surface area contributed by atoms with Crippen LogP contribution in [0.15, 0.2) is 24.3 Å². The van der Waals surface area contributed by atoms with Gasteiger partial charge in [-0.2, -0.15) is 13.2 Å². The molecule has 0 saturated carbocycles. The summed E-state index contributed by atoms with van der Waals surface area (Å²) in [5.41, 5.74) is -0.988. The van der Waals surface area contributed by atoms with Gasteiger partial charge in [-0.15, -0.1) is 0 Å². The van der Waals surface area contributed by atoms with Crippen molar-refractivity contribution < 1.29 is 32.3 Å². The molecule has 2 aliphatic rings. The molecule has 2 saturated heterocycles. The maximum Gasteiger partial charge on any atom is 0.416 e. The van der Waals surface area contributed by atoms with Gasteiger partial charge >= 0.3 is 12.1 Å². The van der Waals surface area contributed by atoms with Crippen molar-refractivity contribution in [3.8, 4) is 0 Å². The molecule has 1 atom stereocenters. The molecule has 1 aromatic rings. The van der Waals surface area contributed by atoms with Gasteiger partial charge in [0.15, 0.2) is 0 Å². The van der Waals surface area contributed by atoms with Crippen LogP contribution in [0.2, 0.25) is 0 Å². The molecule has 2 fully saturated rings. The number of hydrogen-bond acceptors (Lipinski definition) is 5. The molecule has 0 radical (unpaired) electrons. The number of anilines is 1. The smallest absolute Gasteiger partial charge is 0.416 e. The normalized spacial score (nSPS) is 22.0. The zero-order valence-electron chi connectivity index (χ0n) is 15.4. The van der Waals surface area contributed by atoms with Gasteiger partial charge in [-0.05, 0) is 51.1 Å². The Balaban J connectivity index is 1.70. The van der Waals surface area contributed by atoms with Crippen molar-refractivity contribution in [3.05, 3.63) is 29.8 Å². The zero-order valence-corrected chi connectivity index (χ0v) is 15.4. The fourth-order valence-electron chi connectivity index (χ4n) is 3.70. The summed E-state index contributed by atoms with van der Waals surface area (Å²) in [6.07, 6.45) is -3.61.